The smallest absolute Gasteiger partial charge is 0.228 e. The van der Waals surface area contributed by atoms with E-state index in [-0.39, 0.29) is 17.1 Å². The molecule has 18 heavy (non-hydrogen) atoms. The van der Waals surface area contributed by atoms with Crippen LogP contribution in [0.4, 0.5) is 0 Å². The van der Waals surface area contributed by atoms with Crippen molar-refractivity contribution in [3.05, 3.63) is 11.7 Å². The summed E-state index contributed by atoms with van der Waals surface area (Å²) in [5.74, 6) is 1.24. The van der Waals surface area contributed by atoms with Crippen LogP contribution in [-0.4, -0.2) is 22.8 Å². The van der Waals surface area contributed by atoms with Crippen LogP contribution in [0.3, 0.4) is 0 Å². The van der Waals surface area contributed by atoms with E-state index in [1.165, 1.54) is 6.42 Å². The molecule has 1 aromatic heterocycles. The molecule has 102 valence electrons. The Labute approximate surface area is 108 Å². The van der Waals surface area contributed by atoms with E-state index in [1.54, 1.807) is 7.11 Å². The van der Waals surface area contributed by atoms with Crippen molar-refractivity contribution in [1.82, 2.24) is 10.1 Å². The zero-order valence-electron chi connectivity index (χ0n) is 11.7. The molecule has 1 aliphatic carbocycles. The van der Waals surface area contributed by atoms with Crippen LogP contribution in [0.2, 0.25) is 0 Å². The molecule has 2 rings (SSSR count). The van der Waals surface area contributed by atoms with Crippen molar-refractivity contribution < 1.29 is 9.26 Å². The molecule has 1 fully saturated rings. The lowest BCUT2D eigenvalue weighted by molar-refractivity contribution is 0.00718. The first-order chi connectivity index (χ1) is 8.34. The molecule has 0 aliphatic heterocycles. The Bertz CT molecular complexity index is 405. The molecule has 1 heterocycles. The quantitative estimate of drug-likeness (QED) is 0.890. The second-order valence-corrected chi connectivity index (χ2v) is 6.42. The fourth-order valence-electron chi connectivity index (χ4n) is 2.40. The highest BCUT2D eigenvalue weighted by molar-refractivity contribution is 5.03. The summed E-state index contributed by atoms with van der Waals surface area (Å²) in [6.45, 7) is 6.27. The molecule has 0 radical (unpaired) electrons. The molecule has 5 nitrogen and oxygen atoms in total. The Morgan fingerprint density at radius 3 is 2.56 bits per heavy atom. The number of aromatic nitrogens is 2. The zero-order chi connectivity index (χ0) is 13.4. The third kappa shape index (κ3) is 2.72. The second-order valence-electron chi connectivity index (χ2n) is 6.42. The Morgan fingerprint density at radius 1 is 1.44 bits per heavy atom. The van der Waals surface area contributed by atoms with Gasteiger partial charge in [0.1, 0.15) is 6.10 Å². The summed E-state index contributed by atoms with van der Waals surface area (Å²) in [6, 6.07) is 0. The van der Waals surface area contributed by atoms with Crippen molar-refractivity contribution >= 4 is 0 Å². The number of nitrogens with two attached hydrogens (primary N) is 1. The van der Waals surface area contributed by atoms with Crippen molar-refractivity contribution in [2.24, 2.45) is 11.1 Å². The van der Waals surface area contributed by atoms with Crippen LogP contribution in [0.25, 0.3) is 0 Å². The third-order valence-electron chi connectivity index (χ3n) is 3.59. The number of rotatable bonds is 4. The van der Waals surface area contributed by atoms with E-state index in [1.807, 2.05) is 0 Å². The minimum absolute atomic E-state index is 0.0627. The van der Waals surface area contributed by atoms with Crippen LogP contribution in [0.1, 0.15) is 57.9 Å². The molecule has 5 heteroatoms. The van der Waals surface area contributed by atoms with Gasteiger partial charge in [-0.2, -0.15) is 4.98 Å². The molecule has 0 bridgehead atoms. The molecular formula is C13H23N3O2. The number of hydrogen-bond donors (Lipinski definition) is 1. The van der Waals surface area contributed by atoms with Crippen LogP contribution in [-0.2, 0) is 11.2 Å². The van der Waals surface area contributed by atoms with Crippen molar-refractivity contribution in [3.63, 3.8) is 0 Å². The molecule has 1 unspecified atom stereocenters. The topological polar surface area (TPSA) is 74.2 Å². The van der Waals surface area contributed by atoms with E-state index in [9.17, 15) is 0 Å². The molecule has 1 saturated carbocycles. The summed E-state index contributed by atoms with van der Waals surface area (Å²) in [7, 11) is 1.67. The Balaban J connectivity index is 2.09. The normalized spacial score (nSPS) is 20.5. The Kier molecular flexibility index (Phi) is 3.47. The maximum absolute atomic E-state index is 6.18. The summed E-state index contributed by atoms with van der Waals surface area (Å²) in [5, 5.41) is 4.03. The SMILES string of the molecule is COC(c1noc(CC2(N)CCC2)n1)C(C)(C)C. The molecule has 1 aliphatic rings. The molecule has 0 aromatic carbocycles. The van der Waals surface area contributed by atoms with Crippen molar-refractivity contribution in [3.8, 4) is 0 Å². The third-order valence-corrected chi connectivity index (χ3v) is 3.59. The first kappa shape index (κ1) is 13.5. The second kappa shape index (κ2) is 4.63. The van der Waals surface area contributed by atoms with Gasteiger partial charge in [0.15, 0.2) is 0 Å². The fraction of sp³-hybridized carbons (Fsp3) is 0.846. The van der Waals surface area contributed by atoms with Gasteiger partial charge in [0, 0.05) is 19.1 Å². The van der Waals surface area contributed by atoms with Crippen molar-refractivity contribution in [2.45, 2.75) is 58.1 Å². The fourth-order valence-corrected chi connectivity index (χ4v) is 2.40. The first-order valence-corrected chi connectivity index (χ1v) is 6.48. The predicted octanol–water partition coefficient (Wildman–Crippen LogP) is 2.23. The van der Waals surface area contributed by atoms with E-state index in [0.717, 1.165) is 12.8 Å². The van der Waals surface area contributed by atoms with Gasteiger partial charge in [0.05, 0.1) is 0 Å². The molecule has 0 spiro atoms. The minimum atomic E-state index is -0.162. The summed E-state index contributed by atoms with van der Waals surface area (Å²) in [4.78, 5) is 4.43. The van der Waals surface area contributed by atoms with E-state index in [2.05, 4.69) is 30.9 Å². The number of hydrogen-bond acceptors (Lipinski definition) is 5. The van der Waals surface area contributed by atoms with Gasteiger partial charge >= 0.3 is 0 Å². The van der Waals surface area contributed by atoms with Gasteiger partial charge < -0.3 is 15.0 Å². The molecule has 1 aromatic rings. The molecular weight excluding hydrogens is 230 g/mol. The van der Waals surface area contributed by atoms with Gasteiger partial charge in [-0.15, -0.1) is 0 Å². The average Bonchev–Trinajstić information content (AvgIpc) is 2.62. The lowest BCUT2D eigenvalue weighted by Crippen LogP contribution is -2.48. The highest BCUT2D eigenvalue weighted by Gasteiger charge is 2.36. The van der Waals surface area contributed by atoms with E-state index >= 15 is 0 Å². The van der Waals surface area contributed by atoms with E-state index in [0.29, 0.717) is 18.1 Å². The van der Waals surface area contributed by atoms with Crippen LogP contribution >= 0.6 is 0 Å². The maximum atomic E-state index is 6.18. The summed E-state index contributed by atoms with van der Waals surface area (Å²) in [6.07, 6.45) is 3.78. The van der Waals surface area contributed by atoms with Gasteiger partial charge in [-0.1, -0.05) is 25.9 Å². The zero-order valence-corrected chi connectivity index (χ0v) is 11.7. The van der Waals surface area contributed by atoms with E-state index in [4.69, 9.17) is 15.0 Å². The van der Waals surface area contributed by atoms with Gasteiger partial charge in [-0.25, -0.2) is 0 Å². The molecule has 2 N–H and O–H groups in total. The van der Waals surface area contributed by atoms with Gasteiger partial charge in [-0.3, -0.25) is 0 Å². The van der Waals surface area contributed by atoms with Crippen LogP contribution in [0, 0.1) is 5.41 Å². The van der Waals surface area contributed by atoms with Crippen molar-refractivity contribution in [2.75, 3.05) is 7.11 Å². The highest BCUT2D eigenvalue weighted by atomic mass is 16.5. The Morgan fingerprint density at radius 2 is 2.11 bits per heavy atom. The lowest BCUT2D eigenvalue weighted by atomic mass is 9.75. The number of nitrogens with zero attached hydrogens (tertiary/aromatic N) is 2. The standard InChI is InChI=1S/C13H23N3O2/c1-12(2,3)10(17-4)11-15-9(18-16-11)8-13(14)6-5-7-13/h10H,5-8,14H2,1-4H3. The number of ether oxygens (including phenoxy) is 1. The molecule has 0 saturated heterocycles. The maximum Gasteiger partial charge on any atom is 0.228 e. The number of methoxy groups -OCH3 is 1. The monoisotopic (exact) mass is 253 g/mol. The molecule has 1 atom stereocenters. The largest absolute Gasteiger partial charge is 0.373 e. The summed E-state index contributed by atoms with van der Waals surface area (Å²) in [5.41, 5.74) is 5.99. The minimum Gasteiger partial charge on any atom is -0.373 e. The van der Waals surface area contributed by atoms with Gasteiger partial charge in [-0.05, 0) is 24.7 Å². The van der Waals surface area contributed by atoms with Crippen LogP contribution in [0.15, 0.2) is 4.52 Å². The summed E-state index contributed by atoms with van der Waals surface area (Å²) >= 11 is 0. The van der Waals surface area contributed by atoms with Crippen LogP contribution in [0.5, 0.6) is 0 Å². The average molecular weight is 253 g/mol. The Hall–Kier alpha value is -0.940. The first-order valence-electron chi connectivity index (χ1n) is 6.48. The van der Waals surface area contributed by atoms with Crippen LogP contribution < -0.4 is 5.73 Å². The van der Waals surface area contributed by atoms with E-state index < -0.39 is 0 Å². The highest BCUT2D eigenvalue weighted by Crippen LogP contribution is 2.35. The summed E-state index contributed by atoms with van der Waals surface area (Å²) < 4.78 is 10.8. The molecule has 0 amide bonds. The van der Waals surface area contributed by atoms with Gasteiger partial charge in [0.2, 0.25) is 11.7 Å². The predicted molar refractivity (Wildman–Crippen MR) is 68.0 cm³/mol. The lowest BCUT2D eigenvalue weighted by Gasteiger charge is -2.36. The van der Waals surface area contributed by atoms with Crippen molar-refractivity contribution in [1.29, 1.82) is 0 Å². The van der Waals surface area contributed by atoms with Gasteiger partial charge in [0.25, 0.3) is 0 Å².